The van der Waals surface area contributed by atoms with Crippen molar-refractivity contribution < 1.29 is 14.3 Å². The zero-order valence-corrected chi connectivity index (χ0v) is 16.3. The maximum absolute atomic E-state index is 12.2. The zero-order chi connectivity index (χ0) is 18.1. The van der Waals surface area contributed by atoms with E-state index in [-0.39, 0.29) is 24.2 Å². The summed E-state index contributed by atoms with van der Waals surface area (Å²) in [6, 6.07) is 5.44. The Kier molecular flexibility index (Phi) is 10.1. The van der Waals surface area contributed by atoms with Crippen molar-refractivity contribution in [3.05, 3.63) is 18.2 Å². The molecule has 1 aliphatic rings. The van der Waals surface area contributed by atoms with Crippen molar-refractivity contribution in [2.75, 3.05) is 30.4 Å². The molecule has 6 nitrogen and oxygen atoms in total. The van der Waals surface area contributed by atoms with Crippen LogP contribution in [0.5, 0.6) is 5.75 Å². The first kappa shape index (κ1) is 22.3. The molecule has 7 heteroatoms. The molecule has 0 aromatic heterocycles. The Morgan fingerprint density at radius 2 is 2.00 bits per heavy atom. The van der Waals surface area contributed by atoms with Gasteiger partial charge in [0.15, 0.2) is 0 Å². The van der Waals surface area contributed by atoms with E-state index >= 15 is 0 Å². The second-order valence-electron chi connectivity index (χ2n) is 6.39. The predicted octanol–water partition coefficient (Wildman–Crippen LogP) is 3.48. The van der Waals surface area contributed by atoms with E-state index in [4.69, 9.17) is 10.5 Å². The highest BCUT2D eigenvalue weighted by Crippen LogP contribution is 2.33. The Bertz CT molecular complexity index is 595. The highest BCUT2D eigenvalue weighted by Gasteiger charge is 2.23. The van der Waals surface area contributed by atoms with Gasteiger partial charge in [0.2, 0.25) is 11.8 Å². The first-order chi connectivity index (χ1) is 12.2. The van der Waals surface area contributed by atoms with E-state index in [2.05, 4.69) is 5.32 Å². The van der Waals surface area contributed by atoms with E-state index in [1.54, 1.807) is 18.1 Å². The molecule has 1 heterocycles. The number of halogens is 1. The van der Waals surface area contributed by atoms with E-state index in [0.717, 1.165) is 44.2 Å². The molecule has 0 aliphatic carbocycles. The molecule has 0 unspecified atom stereocenters. The van der Waals surface area contributed by atoms with Gasteiger partial charge in [-0.3, -0.25) is 9.59 Å². The Balaban J connectivity index is 0.00000338. The molecule has 0 spiro atoms. The lowest BCUT2D eigenvalue weighted by atomic mass is 10.1. The van der Waals surface area contributed by atoms with Crippen LogP contribution in [0.4, 0.5) is 11.4 Å². The third-order valence-corrected chi connectivity index (χ3v) is 4.43. The number of piperidine rings is 1. The maximum atomic E-state index is 12.2. The average molecular weight is 384 g/mol. The third kappa shape index (κ3) is 6.50. The van der Waals surface area contributed by atoms with Crippen LogP contribution in [0.15, 0.2) is 18.2 Å². The smallest absolute Gasteiger partial charge is 0.227 e. The summed E-state index contributed by atoms with van der Waals surface area (Å²) < 4.78 is 5.39. The largest absolute Gasteiger partial charge is 0.495 e. The number of unbranched alkanes of at least 4 members (excludes halogenated alkanes) is 3. The number of carbonyl (C=O) groups is 2. The minimum atomic E-state index is -0.00571. The second kappa shape index (κ2) is 11.8. The van der Waals surface area contributed by atoms with Crippen LogP contribution in [0.2, 0.25) is 0 Å². The molecule has 0 saturated carbocycles. The Labute approximate surface area is 161 Å². The van der Waals surface area contributed by atoms with Crippen molar-refractivity contribution >= 4 is 35.6 Å². The van der Waals surface area contributed by atoms with Gasteiger partial charge in [0.1, 0.15) is 5.75 Å². The third-order valence-electron chi connectivity index (χ3n) is 4.43. The van der Waals surface area contributed by atoms with Gasteiger partial charge < -0.3 is 20.7 Å². The van der Waals surface area contributed by atoms with Gasteiger partial charge in [-0.1, -0.05) is 12.8 Å². The summed E-state index contributed by atoms with van der Waals surface area (Å²) in [5.74, 6) is 0.747. The molecule has 1 fully saturated rings. The van der Waals surface area contributed by atoms with Crippen LogP contribution in [0.1, 0.15) is 51.4 Å². The average Bonchev–Trinajstić information content (AvgIpc) is 2.62. The molecule has 1 aromatic carbocycles. The molecule has 3 N–H and O–H groups in total. The molecule has 0 radical (unpaired) electrons. The van der Waals surface area contributed by atoms with Gasteiger partial charge >= 0.3 is 0 Å². The fraction of sp³-hybridized carbons (Fsp3) is 0.579. The van der Waals surface area contributed by atoms with Crippen LogP contribution in [-0.4, -0.2) is 32.0 Å². The van der Waals surface area contributed by atoms with Crippen LogP contribution in [-0.2, 0) is 9.59 Å². The number of amides is 2. The number of rotatable bonds is 9. The van der Waals surface area contributed by atoms with Gasteiger partial charge in [-0.05, 0) is 50.4 Å². The van der Waals surface area contributed by atoms with Crippen molar-refractivity contribution in [2.45, 2.75) is 51.4 Å². The molecule has 2 rings (SSSR count). The van der Waals surface area contributed by atoms with E-state index in [9.17, 15) is 9.59 Å². The topological polar surface area (TPSA) is 84.7 Å². The van der Waals surface area contributed by atoms with Crippen molar-refractivity contribution in [2.24, 2.45) is 5.73 Å². The SMILES string of the molecule is COc1ccc(NC(=O)CCCCCCN)cc1N1CCCCC1=O.Cl. The van der Waals surface area contributed by atoms with Crippen LogP contribution >= 0.6 is 12.4 Å². The number of nitrogens with two attached hydrogens (primary N) is 1. The molecule has 1 aliphatic heterocycles. The highest BCUT2D eigenvalue weighted by molar-refractivity contribution is 5.97. The van der Waals surface area contributed by atoms with E-state index < -0.39 is 0 Å². The van der Waals surface area contributed by atoms with Crippen LogP contribution in [0.3, 0.4) is 0 Å². The van der Waals surface area contributed by atoms with E-state index in [1.165, 1.54) is 0 Å². The molecular weight excluding hydrogens is 354 g/mol. The monoisotopic (exact) mass is 383 g/mol. The molecular formula is C19H30ClN3O3. The molecule has 2 amide bonds. The molecule has 146 valence electrons. The summed E-state index contributed by atoms with van der Waals surface area (Å²) in [5.41, 5.74) is 6.89. The fourth-order valence-electron chi connectivity index (χ4n) is 3.05. The van der Waals surface area contributed by atoms with Gasteiger partial charge in [0.05, 0.1) is 12.8 Å². The lowest BCUT2D eigenvalue weighted by molar-refractivity contribution is -0.119. The normalized spacial score (nSPS) is 13.9. The lowest BCUT2D eigenvalue weighted by Gasteiger charge is -2.28. The number of hydrogen-bond acceptors (Lipinski definition) is 4. The quantitative estimate of drug-likeness (QED) is 0.639. The van der Waals surface area contributed by atoms with E-state index in [1.807, 2.05) is 12.1 Å². The van der Waals surface area contributed by atoms with E-state index in [0.29, 0.717) is 37.4 Å². The van der Waals surface area contributed by atoms with Gasteiger partial charge in [-0.25, -0.2) is 0 Å². The standard InChI is InChI=1S/C19H29N3O3.ClH/c1-25-17-11-10-15(21-18(23)8-4-2-3-6-12-20)14-16(17)22-13-7-5-9-19(22)24;/h10-11,14H,2-9,12-13,20H2,1H3,(H,21,23);1H. The molecule has 1 saturated heterocycles. The fourth-order valence-corrected chi connectivity index (χ4v) is 3.05. The number of benzene rings is 1. The summed E-state index contributed by atoms with van der Waals surface area (Å²) in [4.78, 5) is 26.1. The summed E-state index contributed by atoms with van der Waals surface area (Å²) in [6.45, 7) is 1.39. The molecule has 0 bridgehead atoms. The van der Waals surface area contributed by atoms with Crippen molar-refractivity contribution in [3.8, 4) is 5.75 Å². The number of ether oxygens (including phenoxy) is 1. The molecule has 26 heavy (non-hydrogen) atoms. The van der Waals surface area contributed by atoms with Crippen LogP contribution in [0.25, 0.3) is 0 Å². The minimum Gasteiger partial charge on any atom is -0.495 e. The van der Waals surface area contributed by atoms with Crippen molar-refractivity contribution in [3.63, 3.8) is 0 Å². The molecule has 0 atom stereocenters. The number of nitrogens with zero attached hydrogens (tertiary/aromatic N) is 1. The van der Waals surface area contributed by atoms with Gasteiger partial charge in [-0.2, -0.15) is 0 Å². The number of nitrogens with one attached hydrogen (secondary N) is 1. The molecule has 1 aromatic rings. The number of methoxy groups -OCH3 is 1. The summed E-state index contributed by atoms with van der Waals surface area (Å²) >= 11 is 0. The van der Waals surface area contributed by atoms with Gasteiger partial charge in [0.25, 0.3) is 0 Å². The van der Waals surface area contributed by atoms with Gasteiger partial charge in [-0.15, -0.1) is 12.4 Å². The summed E-state index contributed by atoms with van der Waals surface area (Å²) in [7, 11) is 1.59. The van der Waals surface area contributed by atoms with Crippen LogP contribution < -0.4 is 20.7 Å². The maximum Gasteiger partial charge on any atom is 0.227 e. The Morgan fingerprint density at radius 1 is 1.23 bits per heavy atom. The first-order valence-electron chi connectivity index (χ1n) is 9.14. The van der Waals surface area contributed by atoms with Gasteiger partial charge in [0, 0.05) is 25.1 Å². The number of anilines is 2. The Morgan fingerprint density at radius 3 is 2.69 bits per heavy atom. The van der Waals surface area contributed by atoms with Crippen molar-refractivity contribution in [1.29, 1.82) is 0 Å². The zero-order valence-electron chi connectivity index (χ0n) is 15.5. The highest BCUT2D eigenvalue weighted by atomic mass is 35.5. The second-order valence-corrected chi connectivity index (χ2v) is 6.39. The summed E-state index contributed by atoms with van der Waals surface area (Å²) in [5, 5.41) is 2.92. The summed E-state index contributed by atoms with van der Waals surface area (Å²) in [6.07, 6.45) is 6.91. The lowest BCUT2D eigenvalue weighted by Crippen LogP contribution is -2.35. The van der Waals surface area contributed by atoms with Crippen molar-refractivity contribution in [1.82, 2.24) is 0 Å². The number of carbonyl (C=O) groups excluding carboxylic acids is 2. The van der Waals surface area contributed by atoms with Crippen LogP contribution in [0, 0.1) is 0 Å². The Hall–Kier alpha value is -1.79. The number of hydrogen-bond donors (Lipinski definition) is 2. The minimum absolute atomic E-state index is 0. The first-order valence-corrected chi connectivity index (χ1v) is 9.14. The predicted molar refractivity (Wildman–Crippen MR) is 107 cm³/mol.